The lowest BCUT2D eigenvalue weighted by atomic mass is 9.97. The lowest BCUT2D eigenvalue weighted by Crippen LogP contribution is -2.25. The van der Waals surface area contributed by atoms with Crippen LogP contribution in [0.15, 0.2) is 48.3 Å². The van der Waals surface area contributed by atoms with Crippen LogP contribution < -0.4 is 10.6 Å². The van der Waals surface area contributed by atoms with Gasteiger partial charge in [0.05, 0.1) is 18.2 Å². The minimum Gasteiger partial charge on any atom is -0.465 e. The van der Waals surface area contributed by atoms with Crippen molar-refractivity contribution < 1.29 is 14.3 Å². The summed E-state index contributed by atoms with van der Waals surface area (Å²) in [6.07, 6.45) is 10.9. The first kappa shape index (κ1) is 19.5. The molecule has 1 aromatic carbocycles. The van der Waals surface area contributed by atoms with E-state index >= 15 is 0 Å². The van der Waals surface area contributed by atoms with E-state index in [1.54, 1.807) is 24.3 Å². The molecule has 2 N–H and O–H groups in total. The van der Waals surface area contributed by atoms with E-state index in [0.29, 0.717) is 29.3 Å². The highest BCUT2D eigenvalue weighted by molar-refractivity contribution is 5.93. The fraction of sp³-hybridized carbons (Fsp3) is 0.333. The Morgan fingerprint density at radius 1 is 1.14 bits per heavy atom. The van der Waals surface area contributed by atoms with Crippen molar-refractivity contribution in [2.75, 3.05) is 19.0 Å². The molecular formula is C21H24N4O3. The van der Waals surface area contributed by atoms with Crippen molar-refractivity contribution in [2.45, 2.75) is 32.1 Å². The van der Waals surface area contributed by atoms with Gasteiger partial charge in [0.15, 0.2) is 0 Å². The Hall–Kier alpha value is -3.22. The Labute approximate surface area is 164 Å². The molecule has 146 valence electrons. The van der Waals surface area contributed by atoms with Crippen molar-refractivity contribution in [1.82, 2.24) is 15.3 Å². The predicted molar refractivity (Wildman–Crippen MR) is 107 cm³/mol. The molecule has 1 aromatic heterocycles. The Bertz CT molecular complexity index is 862. The third-order valence-corrected chi connectivity index (χ3v) is 4.57. The maximum absolute atomic E-state index is 12.2. The number of ether oxygens (including phenoxy) is 1. The third-order valence-electron chi connectivity index (χ3n) is 4.57. The molecule has 0 atom stereocenters. The summed E-state index contributed by atoms with van der Waals surface area (Å²) in [5.74, 6) is -0.262. The second kappa shape index (κ2) is 9.64. The molecule has 0 unspecified atom stereocenters. The van der Waals surface area contributed by atoms with Gasteiger partial charge in [-0.1, -0.05) is 17.7 Å². The Morgan fingerprint density at radius 2 is 1.96 bits per heavy atom. The van der Waals surface area contributed by atoms with Gasteiger partial charge in [0.25, 0.3) is 5.91 Å². The number of hydrogen-bond acceptors (Lipinski definition) is 6. The third kappa shape index (κ3) is 5.39. The van der Waals surface area contributed by atoms with Gasteiger partial charge in [0.1, 0.15) is 0 Å². The summed E-state index contributed by atoms with van der Waals surface area (Å²) >= 11 is 0. The van der Waals surface area contributed by atoms with Gasteiger partial charge in [-0.25, -0.2) is 14.8 Å². The molecule has 7 nitrogen and oxygen atoms in total. The monoisotopic (exact) mass is 380 g/mol. The maximum Gasteiger partial charge on any atom is 0.337 e. The number of amides is 1. The fourth-order valence-corrected chi connectivity index (χ4v) is 3.05. The largest absolute Gasteiger partial charge is 0.465 e. The lowest BCUT2D eigenvalue weighted by Gasteiger charge is -2.13. The van der Waals surface area contributed by atoms with E-state index in [0.717, 1.165) is 19.3 Å². The van der Waals surface area contributed by atoms with Crippen molar-refractivity contribution >= 4 is 23.5 Å². The Balaban J connectivity index is 1.53. The number of allylic oxidation sites excluding steroid dienone is 1. The molecule has 7 heteroatoms. The fourth-order valence-electron chi connectivity index (χ4n) is 3.05. The molecule has 0 saturated heterocycles. The number of methoxy groups -OCH3 is 1. The van der Waals surface area contributed by atoms with Gasteiger partial charge in [-0.15, -0.1) is 0 Å². The highest BCUT2D eigenvalue weighted by atomic mass is 16.5. The molecule has 1 amide bonds. The van der Waals surface area contributed by atoms with Gasteiger partial charge in [-0.05, 0) is 50.3 Å². The van der Waals surface area contributed by atoms with Crippen molar-refractivity contribution in [3.63, 3.8) is 0 Å². The highest BCUT2D eigenvalue weighted by Gasteiger charge is 2.10. The number of esters is 1. The van der Waals surface area contributed by atoms with Crippen LogP contribution in [0.25, 0.3) is 0 Å². The number of rotatable bonds is 7. The zero-order valence-corrected chi connectivity index (χ0v) is 15.9. The first-order valence-corrected chi connectivity index (χ1v) is 9.39. The molecule has 2 aromatic rings. The van der Waals surface area contributed by atoms with Crippen LogP contribution in [-0.2, 0) is 4.74 Å². The van der Waals surface area contributed by atoms with Crippen molar-refractivity contribution in [3.05, 3.63) is 59.4 Å². The van der Waals surface area contributed by atoms with E-state index in [9.17, 15) is 9.59 Å². The van der Waals surface area contributed by atoms with E-state index < -0.39 is 5.97 Å². The molecule has 1 aliphatic rings. The quantitative estimate of drug-likeness (QED) is 0.563. The number of aromatic nitrogens is 2. The molecule has 3 rings (SSSR count). The minimum absolute atomic E-state index is 0.185. The molecule has 1 heterocycles. The molecule has 0 fully saturated rings. The average Bonchev–Trinajstić information content (AvgIpc) is 2.74. The number of carbonyl (C=O) groups is 2. The minimum atomic E-state index is -0.416. The number of nitrogens with zero attached hydrogens (tertiary/aromatic N) is 2. The van der Waals surface area contributed by atoms with E-state index in [1.807, 2.05) is 0 Å². The molecule has 0 saturated carbocycles. The number of nitrogens with one attached hydrogen (secondary N) is 2. The molecule has 0 bridgehead atoms. The molecule has 0 spiro atoms. The smallest absolute Gasteiger partial charge is 0.337 e. The Morgan fingerprint density at radius 3 is 2.68 bits per heavy atom. The summed E-state index contributed by atoms with van der Waals surface area (Å²) < 4.78 is 4.71. The molecule has 28 heavy (non-hydrogen) atoms. The maximum atomic E-state index is 12.2. The van der Waals surface area contributed by atoms with Gasteiger partial charge in [-0.2, -0.15) is 0 Å². The zero-order valence-electron chi connectivity index (χ0n) is 15.9. The van der Waals surface area contributed by atoms with Crippen LogP contribution in [-0.4, -0.2) is 35.5 Å². The summed E-state index contributed by atoms with van der Waals surface area (Å²) in [6, 6.07) is 6.83. The molecule has 0 radical (unpaired) electrons. The molecular weight excluding hydrogens is 356 g/mol. The zero-order chi connectivity index (χ0) is 19.8. The van der Waals surface area contributed by atoms with E-state index in [4.69, 9.17) is 4.74 Å². The van der Waals surface area contributed by atoms with Crippen molar-refractivity contribution in [2.24, 2.45) is 0 Å². The highest BCUT2D eigenvalue weighted by Crippen LogP contribution is 2.19. The van der Waals surface area contributed by atoms with Gasteiger partial charge in [-0.3, -0.25) is 4.79 Å². The van der Waals surface area contributed by atoms with Gasteiger partial charge in [0, 0.05) is 24.6 Å². The average molecular weight is 380 g/mol. The van der Waals surface area contributed by atoms with E-state index in [1.165, 1.54) is 37.9 Å². The summed E-state index contributed by atoms with van der Waals surface area (Å²) in [4.78, 5) is 32.2. The summed E-state index contributed by atoms with van der Waals surface area (Å²) in [5, 5.41) is 5.92. The predicted octanol–water partition coefficient (Wildman–Crippen LogP) is 3.63. The number of benzene rings is 1. The van der Waals surface area contributed by atoms with Gasteiger partial charge < -0.3 is 15.4 Å². The van der Waals surface area contributed by atoms with Crippen LogP contribution in [0.5, 0.6) is 0 Å². The molecule has 0 aliphatic heterocycles. The van der Waals surface area contributed by atoms with E-state index in [2.05, 4.69) is 26.7 Å². The SMILES string of the molecule is COC(=O)c1cccc(Nc2ncc(C(=O)NCCC3=CCCCC3)cn2)c1. The van der Waals surface area contributed by atoms with Crippen LogP contribution >= 0.6 is 0 Å². The van der Waals surface area contributed by atoms with Crippen LogP contribution in [0.4, 0.5) is 11.6 Å². The molecule has 1 aliphatic carbocycles. The van der Waals surface area contributed by atoms with Gasteiger partial charge >= 0.3 is 5.97 Å². The number of hydrogen-bond donors (Lipinski definition) is 2. The first-order valence-electron chi connectivity index (χ1n) is 9.39. The summed E-state index contributed by atoms with van der Waals surface area (Å²) in [5.41, 5.74) is 2.92. The number of carbonyl (C=O) groups excluding carboxylic acids is 2. The Kier molecular flexibility index (Phi) is 6.73. The standard InChI is InChI=1S/C21H24N4O3/c1-28-20(27)16-8-5-9-18(12-16)25-21-23-13-17(14-24-21)19(26)22-11-10-15-6-3-2-4-7-15/h5-6,8-9,12-14H,2-4,7,10-11H2,1H3,(H,22,26)(H,23,24,25). The summed E-state index contributed by atoms with van der Waals surface area (Å²) in [7, 11) is 1.33. The van der Waals surface area contributed by atoms with Crippen molar-refractivity contribution in [1.29, 1.82) is 0 Å². The normalized spacial score (nSPS) is 13.4. The van der Waals surface area contributed by atoms with Gasteiger partial charge in [0.2, 0.25) is 5.95 Å². The lowest BCUT2D eigenvalue weighted by molar-refractivity contribution is 0.0600. The van der Waals surface area contributed by atoms with Crippen LogP contribution in [0.1, 0.15) is 52.8 Å². The van der Waals surface area contributed by atoms with E-state index in [-0.39, 0.29) is 5.91 Å². The van der Waals surface area contributed by atoms with Crippen LogP contribution in [0, 0.1) is 0 Å². The van der Waals surface area contributed by atoms with Crippen LogP contribution in [0.3, 0.4) is 0 Å². The van der Waals surface area contributed by atoms with Crippen LogP contribution in [0.2, 0.25) is 0 Å². The van der Waals surface area contributed by atoms with Crippen molar-refractivity contribution in [3.8, 4) is 0 Å². The number of anilines is 2. The second-order valence-electron chi connectivity index (χ2n) is 6.61. The topological polar surface area (TPSA) is 93.2 Å². The second-order valence-corrected chi connectivity index (χ2v) is 6.61. The first-order chi connectivity index (χ1) is 13.7. The summed E-state index contributed by atoms with van der Waals surface area (Å²) in [6.45, 7) is 0.616.